The average molecular weight is 130 g/mol. The highest BCUT2D eigenvalue weighted by atomic mass is 16.5. The van der Waals surface area contributed by atoms with Crippen LogP contribution < -0.4 is 5.73 Å². The second kappa shape index (κ2) is 1.68. The number of amides is 1. The SMILES string of the molecule is C[C@@]1(N)CCN(O)C1=O. The van der Waals surface area contributed by atoms with E-state index in [-0.39, 0.29) is 5.91 Å². The molecule has 1 saturated heterocycles. The first kappa shape index (κ1) is 6.51. The van der Waals surface area contributed by atoms with Gasteiger partial charge in [-0.3, -0.25) is 10.0 Å². The first-order valence-corrected chi connectivity index (χ1v) is 2.84. The van der Waals surface area contributed by atoms with Gasteiger partial charge >= 0.3 is 0 Å². The van der Waals surface area contributed by atoms with Crippen LogP contribution in [0.4, 0.5) is 0 Å². The van der Waals surface area contributed by atoms with Crippen LogP contribution in [0.1, 0.15) is 13.3 Å². The number of carbonyl (C=O) groups excluding carboxylic acids is 1. The minimum atomic E-state index is -0.839. The van der Waals surface area contributed by atoms with Crippen LogP contribution in [-0.4, -0.2) is 28.3 Å². The van der Waals surface area contributed by atoms with Gasteiger partial charge in [0.05, 0.1) is 12.1 Å². The predicted octanol–water partition coefficient (Wildman–Crippen LogP) is -0.675. The maximum atomic E-state index is 10.8. The third kappa shape index (κ3) is 0.906. The van der Waals surface area contributed by atoms with Gasteiger partial charge in [-0.25, -0.2) is 5.06 Å². The van der Waals surface area contributed by atoms with E-state index in [2.05, 4.69) is 0 Å². The zero-order valence-electron chi connectivity index (χ0n) is 5.29. The van der Waals surface area contributed by atoms with Gasteiger partial charge in [-0.2, -0.15) is 0 Å². The van der Waals surface area contributed by atoms with Gasteiger partial charge in [-0.05, 0) is 13.3 Å². The van der Waals surface area contributed by atoms with Crippen molar-refractivity contribution >= 4 is 5.91 Å². The molecule has 0 bridgehead atoms. The molecule has 4 nitrogen and oxygen atoms in total. The zero-order chi connectivity index (χ0) is 7.07. The van der Waals surface area contributed by atoms with Gasteiger partial charge in [-0.1, -0.05) is 0 Å². The molecular weight excluding hydrogens is 120 g/mol. The van der Waals surface area contributed by atoms with E-state index < -0.39 is 5.54 Å². The second-order valence-electron chi connectivity index (χ2n) is 2.60. The number of hydroxylamine groups is 2. The minimum absolute atomic E-state index is 0.353. The van der Waals surface area contributed by atoms with Gasteiger partial charge in [0.25, 0.3) is 5.91 Å². The van der Waals surface area contributed by atoms with Crippen LogP contribution >= 0.6 is 0 Å². The molecule has 0 spiro atoms. The summed E-state index contributed by atoms with van der Waals surface area (Å²) in [5.41, 5.74) is 4.62. The highest BCUT2D eigenvalue weighted by Crippen LogP contribution is 2.16. The molecule has 0 aliphatic carbocycles. The molecule has 0 aromatic carbocycles. The first-order valence-electron chi connectivity index (χ1n) is 2.84. The molecule has 0 unspecified atom stereocenters. The fourth-order valence-electron chi connectivity index (χ4n) is 0.841. The van der Waals surface area contributed by atoms with Gasteiger partial charge in [0.15, 0.2) is 0 Å². The van der Waals surface area contributed by atoms with Crippen molar-refractivity contribution in [1.29, 1.82) is 0 Å². The monoisotopic (exact) mass is 130 g/mol. The van der Waals surface area contributed by atoms with Crippen molar-refractivity contribution in [3.05, 3.63) is 0 Å². The van der Waals surface area contributed by atoms with Gasteiger partial charge < -0.3 is 5.73 Å². The average Bonchev–Trinajstić information content (AvgIpc) is 1.97. The van der Waals surface area contributed by atoms with Crippen molar-refractivity contribution in [2.24, 2.45) is 5.73 Å². The molecule has 52 valence electrons. The fraction of sp³-hybridized carbons (Fsp3) is 0.800. The molecule has 1 atom stereocenters. The summed E-state index contributed by atoms with van der Waals surface area (Å²) in [6.45, 7) is 1.97. The summed E-state index contributed by atoms with van der Waals surface area (Å²) in [5, 5.41) is 9.40. The topological polar surface area (TPSA) is 66.6 Å². The number of hydrogen-bond donors (Lipinski definition) is 2. The predicted molar refractivity (Wildman–Crippen MR) is 30.7 cm³/mol. The van der Waals surface area contributed by atoms with Crippen LogP contribution in [0.25, 0.3) is 0 Å². The molecule has 0 radical (unpaired) electrons. The highest BCUT2D eigenvalue weighted by Gasteiger charge is 2.38. The lowest BCUT2D eigenvalue weighted by Gasteiger charge is -2.13. The largest absolute Gasteiger partial charge is 0.317 e. The molecule has 1 aliphatic rings. The Kier molecular flexibility index (Phi) is 1.22. The summed E-state index contributed by atoms with van der Waals surface area (Å²) in [7, 11) is 0. The smallest absolute Gasteiger partial charge is 0.265 e. The summed E-state index contributed by atoms with van der Waals surface area (Å²) in [5.74, 6) is -0.387. The molecule has 1 aliphatic heterocycles. The Balaban J connectivity index is 2.74. The van der Waals surface area contributed by atoms with Crippen molar-refractivity contribution in [2.75, 3.05) is 6.54 Å². The quantitative estimate of drug-likeness (QED) is 0.427. The molecule has 9 heavy (non-hydrogen) atoms. The Morgan fingerprint density at radius 2 is 2.44 bits per heavy atom. The van der Waals surface area contributed by atoms with Crippen LogP contribution in [-0.2, 0) is 4.79 Å². The molecule has 1 heterocycles. The molecule has 0 aromatic rings. The highest BCUT2D eigenvalue weighted by molar-refractivity contribution is 5.86. The first-order chi connectivity index (χ1) is 4.04. The Bertz CT molecular complexity index is 144. The van der Waals surface area contributed by atoms with Crippen LogP contribution in [0.15, 0.2) is 0 Å². The van der Waals surface area contributed by atoms with E-state index in [1.807, 2.05) is 0 Å². The second-order valence-corrected chi connectivity index (χ2v) is 2.60. The van der Waals surface area contributed by atoms with Crippen LogP contribution in [0.5, 0.6) is 0 Å². The summed E-state index contributed by atoms with van der Waals surface area (Å²) in [4.78, 5) is 10.8. The van der Waals surface area contributed by atoms with Crippen molar-refractivity contribution in [2.45, 2.75) is 18.9 Å². The van der Waals surface area contributed by atoms with E-state index in [1.54, 1.807) is 6.92 Å². The maximum absolute atomic E-state index is 10.8. The molecule has 0 aromatic heterocycles. The lowest BCUT2D eigenvalue weighted by Crippen LogP contribution is -2.44. The summed E-state index contributed by atoms with van der Waals surface area (Å²) < 4.78 is 0. The third-order valence-corrected chi connectivity index (χ3v) is 1.57. The van der Waals surface area contributed by atoms with Crippen molar-refractivity contribution in [1.82, 2.24) is 5.06 Å². The van der Waals surface area contributed by atoms with E-state index in [0.717, 1.165) is 0 Å². The molecule has 1 rings (SSSR count). The minimum Gasteiger partial charge on any atom is -0.317 e. The molecule has 4 heteroatoms. The van der Waals surface area contributed by atoms with Crippen molar-refractivity contribution in [3.63, 3.8) is 0 Å². The summed E-state index contributed by atoms with van der Waals surface area (Å²) in [6, 6.07) is 0. The molecule has 3 N–H and O–H groups in total. The van der Waals surface area contributed by atoms with E-state index >= 15 is 0 Å². The lowest BCUT2D eigenvalue weighted by molar-refractivity contribution is -0.160. The van der Waals surface area contributed by atoms with E-state index in [0.29, 0.717) is 18.0 Å². The Labute approximate surface area is 53.2 Å². The van der Waals surface area contributed by atoms with Gasteiger partial charge in [0.1, 0.15) is 0 Å². The van der Waals surface area contributed by atoms with Crippen molar-refractivity contribution < 1.29 is 10.0 Å². The number of rotatable bonds is 0. The Hall–Kier alpha value is -0.610. The Morgan fingerprint density at radius 3 is 2.56 bits per heavy atom. The fourth-order valence-corrected chi connectivity index (χ4v) is 0.841. The Morgan fingerprint density at radius 1 is 1.89 bits per heavy atom. The molecule has 0 saturated carbocycles. The van der Waals surface area contributed by atoms with Crippen LogP contribution in [0, 0.1) is 0 Å². The third-order valence-electron chi connectivity index (χ3n) is 1.57. The number of carbonyl (C=O) groups is 1. The van der Waals surface area contributed by atoms with Gasteiger partial charge in [-0.15, -0.1) is 0 Å². The lowest BCUT2D eigenvalue weighted by atomic mass is 10.0. The number of nitrogens with two attached hydrogens (primary N) is 1. The van der Waals surface area contributed by atoms with Crippen LogP contribution in [0.2, 0.25) is 0 Å². The van der Waals surface area contributed by atoms with Gasteiger partial charge in [0.2, 0.25) is 0 Å². The van der Waals surface area contributed by atoms with E-state index in [1.165, 1.54) is 0 Å². The van der Waals surface area contributed by atoms with Crippen LogP contribution in [0.3, 0.4) is 0 Å². The zero-order valence-corrected chi connectivity index (χ0v) is 5.29. The normalized spacial score (nSPS) is 35.9. The molecular formula is C5H10N2O2. The van der Waals surface area contributed by atoms with Crippen molar-refractivity contribution in [3.8, 4) is 0 Å². The standard InChI is InChI=1S/C5H10N2O2/c1-5(6)2-3-7(9)4(5)8/h9H,2-3,6H2,1H3/t5-/m1/s1. The van der Waals surface area contributed by atoms with E-state index in [9.17, 15) is 4.79 Å². The number of nitrogens with zero attached hydrogens (tertiary/aromatic N) is 1. The molecule has 1 fully saturated rings. The molecule has 1 amide bonds. The van der Waals surface area contributed by atoms with E-state index in [4.69, 9.17) is 10.9 Å². The summed E-state index contributed by atoms with van der Waals surface area (Å²) >= 11 is 0. The van der Waals surface area contributed by atoms with Gasteiger partial charge in [0, 0.05) is 0 Å². The summed E-state index contributed by atoms with van der Waals surface area (Å²) in [6.07, 6.45) is 0.530. The maximum Gasteiger partial charge on any atom is 0.265 e. The number of hydrogen-bond acceptors (Lipinski definition) is 3.